The Kier molecular flexibility index (Phi) is 3.27. The molecule has 2 N–H and O–H groups in total. The largest absolute Gasteiger partial charge is 0.409 e. The number of hydrogen-bond acceptors (Lipinski definition) is 2. The van der Waals surface area contributed by atoms with Crippen LogP contribution in [0.1, 0.15) is 12.8 Å². The molecule has 1 aliphatic rings. The lowest BCUT2D eigenvalue weighted by Gasteiger charge is -2.27. The SMILES string of the molecule is Nc1ccc(Br)cc1N1C(=O)CCC1C(F)(F)F. The van der Waals surface area contributed by atoms with Crippen molar-refractivity contribution < 1.29 is 18.0 Å². The van der Waals surface area contributed by atoms with Gasteiger partial charge in [0.25, 0.3) is 0 Å². The predicted molar refractivity (Wildman–Crippen MR) is 65.1 cm³/mol. The average molecular weight is 323 g/mol. The quantitative estimate of drug-likeness (QED) is 0.808. The number of amides is 1. The second-order valence-electron chi connectivity index (χ2n) is 4.06. The van der Waals surface area contributed by atoms with Crippen molar-refractivity contribution >= 4 is 33.2 Å². The van der Waals surface area contributed by atoms with Crippen molar-refractivity contribution in [1.29, 1.82) is 0 Å². The van der Waals surface area contributed by atoms with Crippen LogP contribution in [0.2, 0.25) is 0 Å². The fourth-order valence-corrected chi connectivity index (χ4v) is 2.37. The summed E-state index contributed by atoms with van der Waals surface area (Å²) in [7, 11) is 0. The lowest BCUT2D eigenvalue weighted by Crippen LogP contribution is -2.43. The third-order valence-corrected chi connectivity index (χ3v) is 3.34. The van der Waals surface area contributed by atoms with Crippen LogP contribution in [0, 0.1) is 0 Å². The fraction of sp³-hybridized carbons (Fsp3) is 0.364. The van der Waals surface area contributed by atoms with E-state index in [9.17, 15) is 18.0 Å². The summed E-state index contributed by atoms with van der Waals surface area (Å²) in [5, 5.41) is 0. The molecule has 0 saturated carbocycles. The van der Waals surface area contributed by atoms with Crippen LogP contribution >= 0.6 is 15.9 Å². The molecule has 1 fully saturated rings. The Labute approximate surface area is 110 Å². The van der Waals surface area contributed by atoms with E-state index in [0.717, 1.165) is 4.90 Å². The highest BCUT2D eigenvalue weighted by molar-refractivity contribution is 9.10. The zero-order chi connectivity index (χ0) is 13.5. The number of carbonyl (C=O) groups is 1. The first-order valence-electron chi connectivity index (χ1n) is 5.24. The van der Waals surface area contributed by atoms with Gasteiger partial charge in [-0.2, -0.15) is 13.2 Å². The second-order valence-corrected chi connectivity index (χ2v) is 4.98. The van der Waals surface area contributed by atoms with Gasteiger partial charge in [0.2, 0.25) is 5.91 Å². The summed E-state index contributed by atoms with van der Waals surface area (Å²) >= 11 is 3.16. The molecule has 98 valence electrons. The van der Waals surface area contributed by atoms with Crippen LogP contribution in [0.25, 0.3) is 0 Å². The molecule has 0 radical (unpaired) electrons. The van der Waals surface area contributed by atoms with Crippen molar-refractivity contribution in [2.75, 3.05) is 10.6 Å². The van der Waals surface area contributed by atoms with Crippen LogP contribution in [0.5, 0.6) is 0 Å². The van der Waals surface area contributed by atoms with Crippen LogP contribution in [-0.4, -0.2) is 18.1 Å². The van der Waals surface area contributed by atoms with Crippen molar-refractivity contribution in [3.05, 3.63) is 22.7 Å². The molecule has 1 aromatic carbocycles. The Bertz CT molecular complexity index is 490. The molecule has 1 atom stereocenters. The van der Waals surface area contributed by atoms with E-state index in [1.54, 1.807) is 6.07 Å². The Morgan fingerprint density at radius 2 is 2.06 bits per heavy atom. The number of nitrogens with two attached hydrogens (primary N) is 1. The maximum Gasteiger partial charge on any atom is 0.409 e. The molecule has 1 heterocycles. The zero-order valence-electron chi connectivity index (χ0n) is 9.17. The van der Waals surface area contributed by atoms with E-state index in [2.05, 4.69) is 15.9 Å². The lowest BCUT2D eigenvalue weighted by molar-refractivity contribution is -0.148. The minimum atomic E-state index is -4.44. The van der Waals surface area contributed by atoms with Gasteiger partial charge in [-0.3, -0.25) is 9.69 Å². The first-order chi connectivity index (χ1) is 8.30. The average Bonchev–Trinajstić information content (AvgIpc) is 2.63. The van der Waals surface area contributed by atoms with E-state index in [4.69, 9.17) is 5.73 Å². The van der Waals surface area contributed by atoms with Gasteiger partial charge in [-0.25, -0.2) is 0 Å². The maximum atomic E-state index is 12.9. The molecule has 1 aromatic rings. The molecule has 7 heteroatoms. The van der Waals surface area contributed by atoms with Gasteiger partial charge >= 0.3 is 6.18 Å². The third kappa shape index (κ3) is 2.31. The van der Waals surface area contributed by atoms with Gasteiger partial charge in [0.15, 0.2) is 0 Å². The number of hydrogen-bond donors (Lipinski definition) is 1. The van der Waals surface area contributed by atoms with Crippen molar-refractivity contribution in [2.45, 2.75) is 25.1 Å². The molecule has 0 aliphatic carbocycles. The minimum Gasteiger partial charge on any atom is -0.397 e. The lowest BCUT2D eigenvalue weighted by atomic mass is 10.2. The fourth-order valence-electron chi connectivity index (χ4n) is 2.02. The first-order valence-corrected chi connectivity index (χ1v) is 6.04. The van der Waals surface area contributed by atoms with E-state index < -0.39 is 18.1 Å². The molecular formula is C11H10BrF3N2O. The number of carbonyl (C=O) groups excluding carboxylic acids is 1. The van der Waals surface area contributed by atoms with E-state index >= 15 is 0 Å². The van der Waals surface area contributed by atoms with Gasteiger partial charge in [0, 0.05) is 10.9 Å². The van der Waals surface area contributed by atoms with E-state index in [-0.39, 0.29) is 24.2 Å². The molecule has 1 unspecified atom stereocenters. The van der Waals surface area contributed by atoms with Crippen molar-refractivity contribution in [1.82, 2.24) is 0 Å². The Hall–Kier alpha value is -1.24. The Balaban J connectivity index is 2.46. The monoisotopic (exact) mass is 322 g/mol. The van der Waals surface area contributed by atoms with E-state index in [1.165, 1.54) is 12.1 Å². The highest BCUT2D eigenvalue weighted by atomic mass is 79.9. The van der Waals surface area contributed by atoms with Gasteiger partial charge in [-0.1, -0.05) is 15.9 Å². The normalized spacial score (nSPS) is 20.6. The molecule has 0 spiro atoms. The topological polar surface area (TPSA) is 46.3 Å². The molecule has 3 nitrogen and oxygen atoms in total. The number of alkyl halides is 3. The number of nitrogen functional groups attached to an aromatic ring is 1. The van der Waals surface area contributed by atoms with Gasteiger partial charge in [-0.05, 0) is 24.6 Å². The molecule has 1 amide bonds. The summed E-state index contributed by atoms with van der Waals surface area (Å²) in [6.07, 6.45) is -4.79. The van der Waals surface area contributed by atoms with E-state index in [0.29, 0.717) is 4.47 Å². The molecule has 0 bridgehead atoms. The molecule has 1 aliphatic heterocycles. The van der Waals surface area contributed by atoms with Crippen molar-refractivity contribution in [3.63, 3.8) is 0 Å². The summed E-state index contributed by atoms with van der Waals surface area (Å²) in [5.74, 6) is -0.554. The highest BCUT2D eigenvalue weighted by Gasteiger charge is 2.49. The Morgan fingerprint density at radius 1 is 1.39 bits per heavy atom. The standard InChI is InChI=1S/C11H10BrF3N2O/c12-6-1-2-7(16)8(5-6)17-9(11(13,14)15)3-4-10(17)18/h1-2,5,9H,3-4,16H2. The molecule has 18 heavy (non-hydrogen) atoms. The summed E-state index contributed by atoms with van der Waals surface area (Å²) in [5.41, 5.74) is 5.92. The summed E-state index contributed by atoms with van der Waals surface area (Å²) in [6.45, 7) is 0. The molecule has 1 saturated heterocycles. The highest BCUT2D eigenvalue weighted by Crippen LogP contribution is 2.39. The zero-order valence-corrected chi connectivity index (χ0v) is 10.8. The predicted octanol–water partition coefficient (Wildman–Crippen LogP) is 3.09. The number of nitrogens with zero attached hydrogens (tertiary/aromatic N) is 1. The summed E-state index contributed by atoms with van der Waals surface area (Å²) in [6, 6.07) is 2.72. The van der Waals surface area contributed by atoms with Crippen LogP contribution in [0.3, 0.4) is 0 Å². The smallest absolute Gasteiger partial charge is 0.397 e. The van der Waals surface area contributed by atoms with E-state index in [1.807, 2.05) is 0 Å². The van der Waals surface area contributed by atoms with Gasteiger partial charge in [0.1, 0.15) is 6.04 Å². The van der Waals surface area contributed by atoms with Gasteiger partial charge < -0.3 is 5.73 Å². The number of benzene rings is 1. The number of halogens is 4. The molecule has 2 rings (SSSR count). The van der Waals surface area contributed by atoms with Crippen molar-refractivity contribution in [3.8, 4) is 0 Å². The van der Waals surface area contributed by atoms with Crippen LogP contribution in [0.4, 0.5) is 24.5 Å². The van der Waals surface area contributed by atoms with Gasteiger partial charge in [0.05, 0.1) is 11.4 Å². The minimum absolute atomic E-state index is 0.106. The van der Waals surface area contributed by atoms with Gasteiger partial charge in [-0.15, -0.1) is 0 Å². The maximum absolute atomic E-state index is 12.9. The van der Waals surface area contributed by atoms with Crippen molar-refractivity contribution in [2.24, 2.45) is 0 Å². The van der Waals surface area contributed by atoms with Crippen LogP contribution < -0.4 is 10.6 Å². The van der Waals surface area contributed by atoms with Crippen LogP contribution in [0.15, 0.2) is 22.7 Å². The first kappa shape index (κ1) is 13.2. The third-order valence-electron chi connectivity index (χ3n) is 2.84. The molecule has 0 aromatic heterocycles. The summed E-state index contributed by atoms with van der Waals surface area (Å²) < 4.78 is 39.1. The number of rotatable bonds is 1. The number of anilines is 2. The Morgan fingerprint density at radius 3 is 2.67 bits per heavy atom. The second kappa shape index (κ2) is 4.46. The van der Waals surface area contributed by atoms with Crippen LogP contribution in [-0.2, 0) is 4.79 Å². The molecular weight excluding hydrogens is 313 g/mol. The summed E-state index contributed by atoms with van der Waals surface area (Å²) in [4.78, 5) is 12.4.